The lowest BCUT2D eigenvalue weighted by molar-refractivity contribution is 0.0693. The van der Waals surface area contributed by atoms with Gasteiger partial charge < -0.3 is 19.9 Å². The van der Waals surface area contributed by atoms with E-state index < -0.39 is 5.97 Å². The predicted molar refractivity (Wildman–Crippen MR) is 101 cm³/mol. The highest BCUT2D eigenvalue weighted by molar-refractivity contribution is 7.22. The number of pyridine rings is 1. The van der Waals surface area contributed by atoms with Crippen LogP contribution >= 0.6 is 23.7 Å². The second-order valence-electron chi connectivity index (χ2n) is 5.03. The van der Waals surface area contributed by atoms with Gasteiger partial charge in [0.1, 0.15) is 0 Å². The van der Waals surface area contributed by atoms with Crippen molar-refractivity contribution in [2.75, 3.05) is 19.5 Å². The Labute approximate surface area is 154 Å². The van der Waals surface area contributed by atoms with Crippen LogP contribution in [0.2, 0.25) is 0 Å². The maximum Gasteiger partial charge on any atom is 0.355 e. The zero-order valence-corrected chi connectivity index (χ0v) is 15.2. The van der Waals surface area contributed by atoms with Gasteiger partial charge in [-0.25, -0.2) is 9.78 Å². The van der Waals surface area contributed by atoms with E-state index in [1.165, 1.54) is 17.5 Å². The van der Waals surface area contributed by atoms with Gasteiger partial charge in [0.25, 0.3) is 0 Å². The van der Waals surface area contributed by atoms with E-state index in [1.807, 2.05) is 30.3 Å². The van der Waals surface area contributed by atoms with Gasteiger partial charge in [0.15, 0.2) is 17.2 Å². The molecule has 3 aromatic rings. The zero-order valence-electron chi connectivity index (χ0n) is 13.6. The molecule has 0 bridgehead atoms. The molecule has 0 amide bonds. The van der Waals surface area contributed by atoms with Gasteiger partial charge in [-0.1, -0.05) is 6.07 Å². The number of benzene rings is 1. The first kappa shape index (κ1) is 18.8. The highest BCUT2D eigenvalue weighted by Gasteiger charge is 2.13. The number of halogens is 1. The van der Waals surface area contributed by atoms with Gasteiger partial charge in [-0.2, -0.15) is 0 Å². The lowest BCUT2D eigenvalue weighted by atomic mass is 10.2. The number of nitrogens with zero attached hydrogens (tertiary/aromatic N) is 1. The molecule has 25 heavy (non-hydrogen) atoms. The standard InChI is InChI=1S/C17H16N2O4S.ClH/c1-22-12-4-3-10(7-13(12)23-2)9-19-15-8-11-14(24-15)5-6-18-16(11)17(20)21;/h3-8,19H,9H2,1-2H3,(H,20,21);1H. The van der Waals surface area contributed by atoms with Gasteiger partial charge in [0.05, 0.1) is 19.2 Å². The Hall–Kier alpha value is -2.51. The van der Waals surface area contributed by atoms with Crippen LogP contribution in [0, 0.1) is 0 Å². The van der Waals surface area contributed by atoms with Crippen molar-refractivity contribution in [3.05, 3.63) is 47.8 Å². The van der Waals surface area contributed by atoms with E-state index in [0.717, 1.165) is 15.3 Å². The van der Waals surface area contributed by atoms with E-state index in [4.69, 9.17) is 9.47 Å². The largest absolute Gasteiger partial charge is 0.493 e. The Kier molecular flexibility index (Phi) is 6.06. The van der Waals surface area contributed by atoms with Crippen LogP contribution in [0.5, 0.6) is 11.5 Å². The van der Waals surface area contributed by atoms with E-state index in [2.05, 4.69) is 10.3 Å². The normalized spacial score (nSPS) is 10.2. The van der Waals surface area contributed by atoms with Crippen LogP contribution in [0.15, 0.2) is 36.5 Å². The Morgan fingerprint density at radius 3 is 2.64 bits per heavy atom. The van der Waals surface area contributed by atoms with E-state index in [-0.39, 0.29) is 18.1 Å². The summed E-state index contributed by atoms with van der Waals surface area (Å²) < 4.78 is 11.4. The van der Waals surface area contributed by atoms with Gasteiger partial charge in [-0.05, 0) is 29.8 Å². The zero-order chi connectivity index (χ0) is 17.1. The number of ether oxygens (including phenoxy) is 2. The van der Waals surface area contributed by atoms with Gasteiger partial charge in [-0.15, -0.1) is 23.7 Å². The minimum atomic E-state index is -1.02. The smallest absolute Gasteiger partial charge is 0.355 e. The molecule has 0 fully saturated rings. The number of thiophene rings is 1. The Balaban J connectivity index is 0.00000225. The van der Waals surface area contributed by atoms with Crippen molar-refractivity contribution < 1.29 is 19.4 Å². The number of fused-ring (bicyclic) bond motifs is 1. The minimum absolute atomic E-state index is 0. The third kappa shape index (κ3) is 3.94. The molecule has 0 saturated carbocycles. The van der Waals surface area contributed by atoms with Crippen molar-refractivity contribution in [2.24, 2.45) is 0 Å². The van der Waals surface area contributed by atoms with Crippen molar-refractivity contribution >= 4 is 44.8 Å². The quantitative estimate of drug-likeness (QED) is 0.671. The molecule has 2 aromatic heterocycles. The lowest BCUT2D eigenvalue weighted by Gasteiger charge is -2.10. The molecule has 0 saturated heterocycles. The Morgan fingerprint density at radius 2 is 1.96 bits per heavy atom. The summed E-state index contributed by atoms with van der Waals surface area (Å²) in [5.74, 6) is 0.329. The lowest BCUT2D eigenvalue weighted by Crippen LogP contribution is -2.00. The average Bonchev–Trinajstić information content (AvgIpc) is 3.02. The highest BCUT2D eigenvalue weighted by Crippen LogP contribution is 2.32. The van der Waals surface area contributed by atoms with Gasteiger partial charge in [-0.3, -0.25) is 0 Å². The fourth-order valence-electron chi connectivity index (χ4n) is 2.40. The molecule has 8 heteroatoms. The van der Waals surface area contributed by atoms with Crippen LogP contribution in [-0.4, -0.2) is 30.3 Å². The van der Waals surface area contributed by atoms with Crippen LogP contribution in [0.3, 0.4) is 0 Å². The Bertz CT molecular complexity index is 897. The molecule has 1 aromatic carbocycles. The van der Waals surface area contributed by atoms with Crippen molar-refractivity contribution in [1.82, 2.24) is 4.98 Å². The van der Waals surface area contributed by atoms with E-state index in [0.29, 0.717) is 23.4 Å². The monoisotopic (exact) mass is 380 g/mol. The molecule has 0 aliphatic rings. The molecule has 0 atom stereocenters. The number of aromatic carboxylic acids is 1. The molecule has 2 heterocycles. The summed E-state index contributed by atoms with van der Waals surface area (Å²) in [7, 11) is 3.20. The third-order valence-corrected chi connectivity index (χ3v) is 4.62. The molecule has 2 N–H and O–H groups in total. The van der Waals surface area contributed by atoms with Crippen molar-refractivity contribution in [2.45, 2.75) is 6.54 Å². The highest BCUT2D eigenvalue weighted by atomic mass is 35.5. The number of hydrogen-bond acceptors (Lipinski definition) is 6. The van der Waals surface area contributed by atoms with Gasteiger partial charge in [0.2, 0.25) is 0 Å². The number of nitrogens with one attached hydrogen (secondary N) is 1. The molecular weight excluding hydrogens is 364 g/mol. The molecule has 0 aliphatic heterocycles. The summed E-state index contributed by atoms with van der Waals surface area (Å²) >= 11 is 1.50. The summed E-state index contributed by atoms with van der Waals surface area (Å²) in [6.07, 6.45) is 1.51. The third-order valence-electron chi connectivity index (χ3n) is 3.56. The van der Waals surface area contributed by atoms with Crippen LogP contribution in [0.1, 0.15) is 16.1 Å². The van der Waals surface area contributed by atoms with E-state index in [1.54, 1.807) is 14.2 Å². The number of carboxylic acid groups (broad SMARTS) is 1. The first-order valence-electron chi connectivity index (χ1n) is 7.19. The number of carboxylic acids is 1. The topological polar surface area (TPSA) is 80.7 Å². The van der Waals surface area contributed by atoms with Crippen molar-refractivity contribution in [1.29, 1.82) is 0 Å². The maximum atomic E-state index is 11.2. The SMILES string of the molecule is COc1ccc(CNc2cc3c(C(=O)O)nccc3s2)cc1OC.Cl. The number of anilines is 1. The van der Waals surface area contributed by atoms with Gasteiger partial charge in [0, 0.05) is 22.8 Å². The van der Waals surface area contributed by atoms with Crippen LogP contribution < -0.4 is 14.8 Å². The number of methoxy groups -OCH3 is 2. The first-order chi connectivity index (χ1) is 11.6. The molecule has 0 radical (unpaired) electrons. The number of rotatable bonds is 6. The molecule has 0 aliphatic carbocycles. The second kappa shape index (κ2) is 8.04. The van der Waals surface area contributed by atoms with Crippen LogP contribution in [0.25, 0.3) is 10.1 Å². The predicted octanol–water partition coefficient (Wildman–Crippen LogP) is 4.05. The fraction of sp³-hybridized carbons (Fsp3) is 0.176. The molecule has 6 nitrogen and oxygen atoms in total. The number of aromatic nitrogens is 1. The maximum absolute atomic E-state index is 11.2. The number of carbonyl (C=O) groups is 1. The molecular formula is C17H17ClN2O4S. The summed E-state index contributed by atoms with van der Waals surface area (Å²) in [6, 6.07) is 9.34. The average molecular weight is 381 g/mol. The van der Waals surface area contributed by atoms with Crippen LogP contribution in [0.4, 0.5) is 5.00 Å². The molecule has 3 rings (SSSR count). The van der Waals surface area contributed by atoms with E-state index >= 15 is 0 Å². The first-order valence-corrected chi connectivity index (χ1v) is 8.00. The summed E-state index contributed by atoms with van der Waals surface area (Å²) in [5, 5.41) is 14.0. The summed E-state index contributed by atoms with van der Waals surface area (Å²) in [5.41, 5.74) is 1.10. The summed E-state index contributed by atoms with van der Waals surface area (Å²) in [6.45, 7) is 0.586. The number of hydrogen-bond donors (Lipinski definition) is 2. The second-order valence-corrected chi connectivity index (χ2v) is 6.11. The molecule has 132 valence electrons. The van der Waals surface area contributed by atoms with Gasteiger partial charge >= 0.3 is 5.97 Å². The Morgan fingerprint density at radius 1 is 1.20 bits per heavy atom. The molecule has 0 spiro atoms. The summed E-state index contributed by atoms with van der Waals surface area (Å²) in [4.78, 5) is 15.2. The minimum Gasteiger partial charge on any atom is -0.493 e. The van der Waals surface area contributed by atoms with Crippen molar-refractivity contribution in [3.8, 4) is 11.5 Å². The fourth-order valence-corrected chi connectivity index (χ4v) is 3.35. The van der Waals surface area contributed by atoms with Crippen LogP contribution in [-0.2, 0) is 6.54 Å². The van der Waals surface area contributed by atoms with E-state index in [9.17, 15) is 9.90 Å². The van der Waals surface area contributed by atoms with Crippen molar-refractivity contribution in [3.63, 3.8) is 0 Å². The molecule has 0 unspecified atom stereocenters.